The van der Waals surface area contributed by atoms with E-state index in [0.717, 1.165) is 0 Å². The first-order valence-corrected chi connectivity index (χ1v) is 4.26. The molecule has 3 N–H and O–H groups in total. The van der Waals surface area contributed by atoms with Gasteiger partial charge in [-0.2, -0.15) is 5.26 Å². The Morgan fingerprint density at radius 1 is 1.64 bits per heavy atom. The number of aromatic hydroxyl groups is 1. The predicted octanol–water partition coefficient (Wildman–Crippen LogP) is 1.27. The quantitative estimate of drug-likeness (QED) is 0.333. The predicted molar refractivity (Wildman–Crippen MR) is 52.3 cm³/mol. The number of carbonyl (C=O) groups is 1. The SMILES string of the molecule is N#Cc1ccc(N)c(O)c1C(=O)CCl. The summed E-state index contributed by atoms with van der Waals surface area (Å²) in [6.07, 6.45) is 0. The maximum atomic E-state index is 11.3. The Morgan fingerprint density at radius 3 is 2.79 bits per heavy atom. The van der Waals surface area contributed by atoms with Crippen LogP contribution in [-0.2, 0) is 0 Å². The molecule has 14 heavy (non-hydrogen) atoms. The molecule has 4 nitrogen and oxygen atoms in total. The van der Waals surface area contributed by atoms with Gasteiger partial charge in [0, 0.05) is 0 Å². The minimum atomic E-state index is -0.520. The lowest BCUT2D eigenvalue weighted by Crippen LogP contribution is -2.05. The van der Waals surface area contributed by atoms with Crippen LogP contribution in [0.4, 0.5) is 5.69 Å². The van der Waals surface area contributed by atoms with Crippen LogP contribution in [0, 0.1) is 11.3 Å². The van der Waals surface area contributed by atoms with Gasteiger partial charge in [0.1, 0.15) is 6.07 Å². The Morgan fingerprint density at radius 2 is 2.29 bits per heavy atom. The van der Waals surface area contributed by atoms with Crippen LogP contribution in [0.1, 0.15) is 15.9 Å². The van der Waals surface area contributed by atoms with Gasteiger partial charge in [-0.25, -0.2) is 0 Å². The standard InChI is InChI=1S/C9H7ClN2O2/c10-3-7(13)8-5(4-11)1-2-6(12)9(8)14/h1-2,14H,3,12H2. The number of phenols is 1. The summed E-state index contributed by atoms with van der Waals surface area (Å²) in [5, 5.41) is 18.1. The number of nitrogens with two attached hydrogens (primary N) is 1. The Hall–Kier alpha value is -1.73. The molecule has 0 heterocycles. The molecule has 0 unspecified atom stereocenters. The zero-order valence-electron chi connectivity index (χ0n) is 7.12. The number of nitriles is 1. The monoisotopic (exact) mass is 210 g/mol. The van der Waals surface area contributed by atoms with Crippen molar-refractivity contribution in [3.8, 4) is 11.8 Å². The molecule has 72 valence electrons. The average molecular weight is 211 g/mol. The zero-order valence-corrected chi connectivity index (χ0v) is 7.88. The summed E-state index contributed by atoms with van der Waals surface area (Å²) in [4.78, 5) is 11.3. The van der Waals surface area contributed by atoms with Gasteiger partial charge in [0.05, 0.1) is 22.7 Å². The molecule has 0 atom stereocenters. The number of alkyl halides is 1. The Kier molecular flexibility index (Phi) is 2.95. The summed E-state index contributed by atoms with van der Waals surface area (Å²) in [6.45, 7) is 0. The largest absolute Gasteiger partial charge is 0.505 e. The van der Waals surface area contributed by atoms with Crippen molar-refractivity contribution >= 4 is 23.1 Å². The number of nitrogen functional groups attached to an aromatic ring is 1. The van der Waals surface area contributed by atoms with Crippen LogP contribution in [0.15, 0.2) is 12.1 Å². The zero-order chi connectivity index (χ0) is 10.7. The molecule has 0 saturated carbocycles. The van der Waals surface area contributed by atoms with Crippen molar-refractivity contribution in [2.45, 2.75) is 0 Å². The topological polar surface area (TPSA) is 87.1 Å². The lowest BCUT2D eigenvalue weighted by molar-refractivity contribution is 0.101. The second kappa shape index (κ2) is 3.99. The minimum Gasteiger partial charge on any atom is -0.505 e. The highest BCUT2D eigenvalue weighted by atomic mass is 35.5. The molecule has 0 aliphatic heterocycles. The first kappa shape index (κ1) is 10.4. The Balaban J connectivity index is 3.45. The van der Waals surface area contributed by atoms with Crippen LogP contribution in [0.5, 0.6) is 5.75 Å². The number of hydrogen-bond donors (Lipinski definition) is 2. The molecule has 1 aromatic rings. The number of carbonyl (C=O) groups excluding carboxylic acids is 1. The number of rotatable bonds is 2. The third kappa shape index (κ3) is 1.63. The molecule has 5 heteroatoms. The van der Waals surface area contributed by atoms with Crippen LogP contribution in [-0.4, -0.2) is 16.8 Å². The highest BCUT2D eigenvalue weighted by Gasteiger charge is 2.17. The number of phenolic OH excluding ortho intramolecular Hbond substituents is 1. The lowest BCUT2D eigenvalue weighted by atomic mass is 10.0. The maximum Gasteiger partial charge on any atom is 0.182 e. The smallest absolute Gasteiger partial charge is 0.182 e. The van der Waals surface area contributed by atoms with Crippen molar-refractivity contribution in [1.29, 1.82) is 5.26 Å². The summed E-state index contributed by atoms with van der Waals surface area (Å²) >= 11 is 5.33. The van der Waals surface area contributed by atoms with Crippen molar-refractivity contribution in [3.05, 3.63) is 23.3 Å². The van der Waals surface area contributed by atoms with E-state index in [9.17, 15) is 9.90 Å². The lowest BCUT2D eigenvalue weighted by Gasteiger charge is -2.05. The van der Waals surface area contributed by atoms with E-state index >= 15 is 0 Å². The fourth-order valence-corrected chi connectivity index (χ4v) is 1.18. The van der Waals surface area contributed by atoms with E-state index in [1.807, 2.05) is 0 Å². The molecule has 1 aromatic carbocycles. The number of halogens is 1. The van der Waals surface area contributed by atoms with Gasteiger partial charge in [0.2, 0.25) is 0 Å². The summed E-state index contributed by atoms with van der Waals surface area (Å²) in [7, 11) is 0. The molecule has 0 aromatic heterocycles. The van der Waals surface area contributed by atoms with E-state index in [4.69, 9.17) is 22.6 Å². The van der Waals surface area contributed by atoms with Gasteiger partial charge in [-0.05, 0) is 12.1 Å². The normalized spacial score (nSPS) is 9.43. The molecule has 0 aliphatic rings. The molecule has 0 spiro atoms. The molecule has 0 fully saturated rings. The fourth-order valence-electron chi connectivity index (χ4n) is 1.05. The van der Waals surface area contributed by atoms with Crippen LogP contribution in [0.3, 0.4) is 0 Å². The van der Waals surface area contributed by atoms with Crippen molar-refractivity contribution < 1.29 is 9.90 Å². The molecule has 0 aliphatic carbocycles. The molecule has 0 radical (unpaired) electrons. The van der Waals surface area contributed by atoms with Gasteiger partial charge in [0.15, 0.2) is 11.5 Å². The number of benzene rings is 1. The van der Waals surface area contributed by atoms with E-state index < -0.39 is 5.78 Å². The van der Waals surface area contributed by atoms with Gasteiger partial charge in [0.25, 0.3) is 0 Å². The Labute approximate surface area is 85.5 Å². The highest BCUT2D eigenvalue weighted by molar-refractivity contribution is 6.31. The fraction of sp³-hybridized carbons (Fsp3) is 0.111. The minimum absolute atomic E-state index is 0.0532. The van der Waals surface area contributed by atoms with E-state index in [1.54, 1.807) is 6.07 Å². The summed E-state index contributed by atoms with van der Waals surface area (Å²) < 4.78 is 0. The second-order valence-corrected chi connectivity index (χ2v) is 2.86. The van der Waals surface area contributed by atoms with E-state index in [1.165, 1.54) is 12.1 Å². The summed E-state index contributed by atoms with van der Waals surface area (Å²) in [5.74, 6) is -1.20. The molecule has 0 bridgehead atoms. The van der Waals surface area contributed by atoms with Gasteiger partial charge in [-0.3, -0.25) is 4.79 Å². The van der Waals surface area contributed by atoms with Gasteiger partial charge in [-0.1, -0.05) is 0 Å². The van der Waals surface area contributed by atoms with E-state index in [2.05, 4.69) is 0 Å². The van der Waals surface area contributed by atoms with E-state index in [0.29, 0.717) is 0 Å². The molecule has 1 rings (SSSR count). The first-order valence-electron chi connectivity index (χ1n) is 3.72. The molecular formula is C9H7ClN2O2. The van der Waals surface area contributed by atoms with Crippen molar-refractivity contribution in [1.82, 2.24) is 0 Å². The highest BCUT2D eigenvalue weighted by Crippen LogP contribution is 2.28. The van der Waals surface area contributed by atoms with Crippen molar-refractivity contribution in [2.24, 2.45) is 0 Å². The number of anilines is 1. The summed E-state index contributed by atoms with van der Waals surface area (Å²) in [6, 6.07) is 4.51. The van der Waals surface area contributed by atoms with Gasteiger partial charge in [-0.15, -0.1) is 11.6 Å². The van der Waals surface area contributed by atoms with Crippen LogP contribution >= 0.6 is 11.6 Å². The number of Topliss-reactive ketones (excluding diaryl/α,β-unsaturated/α-hetero) is 1. The molecule has 0 saturated heterocycles. The average Bonchev–Trinajstić information content (AvgIpc) is 2.20. The van der Waals surface area contributed by atoms with Crippen molar-refractivity contribution in [3.63, 3.8) is 0 Å². The van der Waals surface area contributed by atoms with Gasteiger partial charge < -0.3 is 10.8 Å². The van der Waals surface area contributed by atoms with E-state index in [-0.39, 0.29) is 28.4 Å². The maximum absolute atomic E-state index is 11.3. The van der Waals surface area contributed by atoms with Crippen LogP contribution in [0.25, 0.3) is 0 Å². The number of nitrogens with zero attached hydrogens (tertiary/aromatic N) is 1. The van der Waals surface area contributed by atoms with Crippen LogP contribution in [0.2, 0.25) is 0 Å². The second-order valence-electron chi connectivity index (χ2n) is 2.59. The molecular weight excluding hydrogens is 204 g/mol. The first-order chi connectivity index (χ1) is 6.61. The van der Waals surface area contributed by atoms with Gasteiger partial charge >= 0.3 is 0 Å². The molecule has 0 amide bonds. The van der Waals surface area contributed by atoms with Crippen LogP contribution < -0.4 is 5.73 Å². The van der Waals surface area contributed by atoms with Crippen molar-refractivity contribution in [2.75, 3.05) is 11.6 Å². The third-order valence-electron chi connectivity index (χ3n) is 1.73. The Bertz CT molecular complexity index is 424. The number of ketones is 1. The number of hydrogen-bond acceptors (Lipinski definition) is 4. The third-order valence-corrected chi connectivity index (χ3v) is 1.97. The summed E-state index contributed by atoms with van der Waals surface area (Å²) in [5.41, 5.74) is 5.40.